The third-order valence-electron chi connectivity index (χ3n) is 4.53. The Kier molecular flexibility index (Phi) is 4.58. The minimum atomic E-state index is -1.56. The number of rotatable bonds is 3. The van der Waals surface area contributed by atoms with Gasteiger partial charge < -0.3 is 5.11 Å². The van der Waals surface area contributed by atoms with E-state index in [1.165, 1.54) is 0 Å². The molecule has 1 aliphatic carbocycles. The van der Waals surface area contributed by atoms with Crippen LogP contribution in [0.4, 0.5) is 13.2 Å². The van der Waals surface area contributed by atoms with Gasteiger partial charge in [-0.1, -0.05) is 26.2 Å². The molecule has 0 radical (unpaired) electrons. The van der Waals surface area contributed by atoms with E-state index in [0.29, 0.717) is 18.8 Å². The lowest BCUT2D eigenvalue weighted by Crippen LogP contribution is -2.33. The Bertz CT molecular complexity index is 546. The fourth-order valence-electron chi connectivity index (χ4n) is 3.24. The minimum absolute atomic E-state index is 0.0790. The van der Waals surface area contributed by atoms with Gasteiger partial charge in [-0.3, -0.25) is 0 Å². The van der Waals surface area contributed by atoms with Crippen molar-refractivity contribution in [3.8, 4) is 6.07 Å². The average Bonchev–Trinajstić information content (AvgIpc) is 2.51. The van der Waals surface area contributed by atoms with Crippen LogP contribution in [-0.4, -0.2) is 5.11 Å². The van der Waals surface area contributed by atoms with Gasteiger partial charge in [0.1, 0.15) is 0 Å². The van der Waals surface area contributed by atoms with Crippen LogP contribution in [0, 0.1) is 40.1 Å². The fourth-order valence-corrected chi connectivity index (χ4v) is 3.24. The molecule has 1 aliphatic rings. The smallest absolute Gasteiger partial charge is 0.194 e. The van der Waals surface area contributed by atoms with Gasteiger partial charge in [0.15, 0.2) is 17.5 Å². The van der Waals surface area contributed by atoms with Gasteiger partial charge in [0, 0.05) is 0 Å². The molecule has 0 spiro atoms. The quantitative estimate of drug-likeness (QED) is 0.848. The van der Waals surface area contributed by atoms with Crippen molar-refractivity contribution >= 4 is 0 Å². The summed E-state index contributed by atoms with van der Waals surface area (Å²) in [6.07, 6.45) is 2.31. The minimum Gasteiger partial charge on any atom is -0.387 e. The van der Waals surface area contributed by atoms with Crippen molar-refractivity contribution in [2.75, 3.05) is 0 Å². The molecular formula is C16H18F3NO. The van der Waals surface area contributed by atoms with Crippen molar-refractivity contribution in [1.29, 1.82) is 5.26 Å². The monoisotopic (exact) mass is 297 g/mol. The zero-order valence-corrected chi connectivity index (χ0v) is 11.9. The van der Waals surface area contributed by atoms with Gasteiger partial charge in [-0.05, 0) is 36.5 Å². The first-order valence-electron chi connectivity index (χ1n) is 7.17. The van der Waals surface area contributed by atoms with Crippen LogP contribution >= 0.6 is 0 Å². The lowest BCUT2D eigenvalue weighted by atomic mass is 9.65. The molecule has 0 aliphatic heterocycles. The highest BCUT2D eigenvalue weighted by atomic mass is 19.2. The summed E-state index contributed by atoms with van der Waals surface area (Å²) in [7, 11) is 0. The van der Waals surface area contributed by atoms with Gasteiger partial charge >= 0.3 is 0 Å². The molecule has 1 fully saturated rings. The van der Waals surface area contributed by atoms with E-state index in [9.17, 15) is 23.5 Å². The molecule has 114 valence electrons. The van der Waals surface area contributed by atoms with Crippen LogP contribution in [-0.2, 0) is 0 Å². The lowest BCUT2D eigenvalue weighted by molar-refractivity contribution is 0.0180. The summed E-state index contributed by atoms with van der Waals surface area (Å²) < 4.78 is 39.7. The molecule has 1 aromatic rings. The van der Waals surface area contributed by atoms with E-state index in [2.05, 4.69) is 6.07 Å². The van der Waals surface area contributed by atoms with E-state index in [-0.39, 0.29) is 5.56 Å². The van der Waals surface area contributed by atoms with E-state index in [1.54, 1.807) is 0 Å². The van der Waals surface area contributed by atoms with Gasteiger partial charge in [0.2, 0.25) is 0 Å². The van der Waals surface area contributed by atoms with Gasteiger partial charge in [0.05, 0.1) is 17.6 Å². The number of hydrogen-bond acceptors (Lipinski definition) is 2. The van der Waals surface area contributed by atoms with Crippen LogP contribution in [0.5, 0.6) is 0 Å². The van der Waals surface area contributed by atoms with E-state index in [1.807, 2.05) is 6.92 Å². The first-order chi connectivity index (χ1) is 9.93. The number of nitriles is 1. The Morgan fingerprint density at radius 2 is 2.00 bits per heavy atom. The molecule has 3 unspecified atom stereocenters. The number of hydrogen-bond donors (Lipinski definition) is 1. The molecule has 5 heteroatoms. The predicted molar refractivity (Wildman–Crippen MR) is 71.6 cm³/mol. The summed E-state index contributed by atoms with van der Waals surface area (Å²) in [6.45, 7) is 2.02. The summed E-state index contributed by atoms with van der Waals surface area (Å²) in [5.41, 5.74) is -1.14. The Morgan fingerprint density at radius 3 is 2.52 bits per heavy atom. The first-order valence-corrected chi connectivity index (χ1v) is 7.17. The Labute approximate surface area is 122 Å². The van der Waals surface area contributed by atoms with E-state index >= 15 is 0 Å². The third-order valence-corrected chi connectivity index (χ3v) is 4.53. The Morgan fingerprint density at radius 1 is 1.38 bits per heavy atom. The van der Waals surface area contributed by atoms with Crippen molar-refractivity contribution in [1.82, 2.24) is 0 Å². The molecule has 1 saturated carbocycles. The van der Waals surface area contributed by atoms with Crippen LogP contribution < -0.4 is 0 Å². The SMILES string of the molecule is CCC1CCCC(C#N)(C(O)c2cc(F)c(F)c(F)c2)C1. The second kappa shape index (κ2) is 6.07. The van der Waals surface area contributed by atoms with Crippen LogP contribution in [0.25, 0.3) is 0 Å². The molecule has 2 nitrogen and oxygen atoms in total. The second-order valence-corrected chi connectivity index (χ2v) is 5.84. The molecule has 0 amide bonds. The highest BCUT2D eigenvalue weighted by Crippen LogP contribution is 2.48. The van der Waals surface area contributed by atoms with Crippen LogP contribution in [0.15, 0.2) is 12.1 Å². The van der Waals surface area contributed by atoms with E-state index in [4.69, 9.17) is 0 Å². The van der Waals surface area contributed by atoms with Crippen molar-refractivity contribution < 1.29 is 18.3 Å². The van der Waals surface area contributed by atoms with Crippen LogP contribution in [0.2, 0.25) is 0 Å². The number of halogens is 3. The molecular weight excluding hydrogens is 279 g/mol. The maximum Gasteiger partial charge on any atom is 0.194 e. The average molecular weight is 297 g/mol. The van der Waals surface area contributed by atoms with Gasteiger partial charge in [-0.2, -0.15) is 5.26 Å². The van der Waals surface area contributed by atoms with Crippen molar-refractivity contribution in [2.24, 2.45) is 11.3 Å². The van der Waals surface area contributed by atoms with Crippen LogP contribution in [0.1, 0.15) is 50.7 Å². The fraction of sp³-hybridized carbons (Fsp3) is 0.562. The van der Waals surface area contributed by atoms with E-state index in [0.717, 1.165) is 31.4 Å². The maximum atomic E-state index is 13.3. The number of aliphatic hydroxyl groups is 1. The number of benzene rings is 1. The first kappa shape index (κ1) is 15.8. The topological polar surface area (TPSA) is 44.0 Å². The number of nitrogens with zero attached hydrogens (tertiary/aromatic N) is 1. The van der Waals surface area contributed by atoms with Gasteiger partial charge in [-0.25, -0.2) is 13.2 Å². The summed E-state index contributed by atoms with van der Waals surface area (Å²) in [6, 6.07) is 3.70. The normalized spacial score (nSPS) is 27.1. The summed E-state index contributed by atoms with van der Waals surface area (Å²) in [5, 5.41) is 20.0. The zero-order valence-electron chi connectivity index (χ0n) is 11.9. The van der Waals surface area contributed by atoms with Crippen molar-refractivity contribution in [2.45, 2.75) is 45.1 Å². The molecule has 1 N–H and O–H groups in total. The van der Waals surface area contributed by atoms with E-state index < -0.39 is 29.0 Å². The highest BCUT2D eigenvalue weighted by molar-refractivity contribution is 5.26. The maximum absolute atomic E-state index is 13.3. The van der Waals surface area contributed by atoms with Gasteiger partial charge in [0.25, 0.3) is 0 Å². The molecule has 21 heavy (non-hydrogen) atoms. The molecule has 0 saturated heterocycles. The second-order valence-electron chi connectivity index (χ2n) is 5.84. The van der Waals surface area contributed by atoms with Crippen molar-refractivity contribution in [3.63, 3.8) is 0 Å². The summed E-state index contributed by atoms with van der Waals surface area (Å²) in [4.78, 5) is 0. The largest absolute Gasteiger partial charge is 0.387 e. The molecule has 0 aromatic heterocycles. The summed E-state index contributed by atoms with van der Waals surface area (Å²) >= 11 is 0. The highest BCUT2D eigenvalue weighted by Gasteiger charge is 2.43. The Balaban J connectivity index is 2.36. The predicted octanol–water partition coefficient (Wildman–Crippen LogP) is 4.25. The van der Waals surface area contributed by atoms with Crippen molar-refractivity contribution in [3.05, 3.63) is 35.1 Å². The van der Waals surface area contributed by atoms with Gasteiger partial charge in [-0.15, -0.1) is 0 Å². The molecule has 1 aromatic carbocycles. The third kappa shape index (κ3) is 2.91. The molecule has 0 heterocycles. The molecule has 0 bridgehead atoms. The lowest BCUT2D eigenvalue weighted by Gasteiger charge is -2.39. The van der Waals surface area contributed by atoms with Crippen LogP contribution in [0.3, 0.4) is 0 Å². The number of aliphatic hydroxyl groups excluding tert-OH is 1. The zero-order chi connectivity index (χ0) is 15.6. The standard InChI is InChI=1S/C16H18F3NO/c1-2-10-4-3-5-16(8-10,9-20)15(21)11-6-12(17)14(19)13(18)7-11/h6-7,10,15,21H,2-5,8H2,1H3. The summed E-state index contributed by atoms with van der Waals surface area (Å²) in [5.74, 6) is -3.95. The Hall–Kier alpha value is -1.54. The molecule has 3 atom stereocenters. The molecule has 2 rings (SSSR count).